The van der Waals surface area contributed by atoms with Crippen molar-refractivity contribution in [3.05, 3.63) is 29.3 Å². The minimum absolute atomic E-state index is 0.168. The number of nitrogens with zero attached hydrogens (tertiary/aromatic N) is 1. The lowest BCUT2D eigenvalue weighted by atomic mass is 9.86. The van der Waals surface area contributed by atoms with Gasteiger partial charge in [-0.3, -0.25) is 0 Å². The summed E-state index contributed by atoms with van der Waals surface area (Å²) in [6, 6.07) is 5.24. The number of hydrogen-bond acceptors (Lipinski definition) is 5. The van der Waals surface area contributed by atoms with Gasteiger partial charge in [-0.25, -0.2) is 9.59 Å². The Bertz CT molecular complexity index is 614. The summed E-state index contributed by atoms with van der Waals surface area (Å²) in [6.45, 7) is 6.75. The number of amides is 1. The fraction of sp³-hybridized carbons (Fsp3) is 0.556. The zero-order valence-corrected chi connectivity index (χ0v) is 14.8. The lowest BCUT2D eigenvalue weighted by molar-refractivity contribution is 0.0203. The van der Waals surface area contributed by atoms with Crippen LogP contribution in [0.2, 0.25) is 0 Å². The predicted molar refractivity (Wildman–Crippen MR) is 92.0 cm³/mol. The average molecular weight is 334 g/mol. The first kappa shape index (κ1) is 18.1. The molecule has 1 heterocycles. The summed E-state index contributed by atoms with van der Waals surface area (Å²) in [6.07, 6.45) is 1.22. The quantitative estimate of drug-likeness (QED) is 0.663. The zero-order valence-electron chi connectivity index (χ0n) is 14.8. The molecule has 6 nitrogen and oxygen atoms in total. The summed E-state index contributed by atoms with van der Waals surface area (Å²) in [5, 5.41) is 0. The molecular weight excluding hydrogens is 308 g/mol. The number of methoxy groups -OCH3 is 1. The van der Waals surface area contributed by atoms with Crippen LogP contribution in [-0.4, -0.2) is 42.8 Å². The number of ether oxygens (including phenoxy) is 2. The number of rotatable bonds is 2. The van der Waals surface area contributed by atoms with Crippen molar-refractivity contribution >= 4 is 17.7 Å². The smallest absolute Gasteiger partial charge is 0.410 e. The number of benzene rings is 1. The third kappa shape index (κ3) is 4.40. The highest BCUT2D eigenvalue weighted by atomic mass is 16.6. The van der Waals surface area contributed by atoms with Gasteiger partial charge in [0.2, 0.25) is 0 Å². The Balaban J connectivity index is 2.08. The van der Waals surface area contributed by atoms with Gasteiger partial charge in [-0.05, 0) is 63.3 Å². The summed E-state index contributed by atoms with van der Waals surface area (Å²) >= 11 is 0. The molecule has 1 saturated heterocycles. The number of nitrogen functional groups attached to an aromatic ring is 1. The molecule has 0 spiro atoms. The van der Waals surface area contributed by atoms with E-state index in [1.165, 1.54) is 7.11 Å². The molecule has 0 saturated carbocycles. The first-order valence-corrected chi connectivity index (χ1v) is 8.17. The van der Waals surface area contributed by atoms with Crippen LogP contribution in [0.1, 0.15) is 55.5 Å². The van der Waals surface area contributed by atoms with Gasteiger partial charge in [-0.15, -0.1) is 0 Å². The maximum atomic E-state index is 12.1. The van der Waals surface area contributed by atoms with Crippen LogP contribution in [0.3, 0.4) is 0 Å². The van der Waals surface area contributed by atoms with E-state index in [9.17, 15) is 9.59 Å². The molecule has 1 aliphatic heterocycles. The van der Waals surface area contributed by atoms with Gasteiger partial charge >= 0.3 is 12.1 Å². The molecule has 0 bridgehead atoms. The van der Waals surface area contributed by atoms with Gasteiger partial charge in [-0.1, -0.05) is 0 Å². The molecule has 1 aliphatic rings. The van der Waals surface area contributed by atoms with Crippen molar-refractivity contribution in [2.45, 2.75) is 45.1 Å². The van der Waals surface area contributed by atoms with Gasteiger partial charge in [0.15, 0.2) is 0 Å². The Hall–Kier alpha value is -2.24. The second kappa shape index (κ2) is 7.11. The number of esters is 1. The molecule has 0 unspecified atom stereocenters. The van der Waals surface area contributed by atoms with E-state index in [2.05, 4.69) is 0 Å². The van der Waals surface area contributed by atoms with Crippen molar-refractivity contribution in [1.82, 2.24) is 4.90 Å². The largest absolute Gasteiger partial charge is 0.465 e. The molecule has 6 heteroatoms. The van der Waals surface area contributed by atoms with Crippen LogP contribution in [0.4, 0.5) is 10.5 Å². The Kier molecular flexibility index (Phi) is 5.36. The van der Waals surface area contributed by atoms with Crippen molar-refractivity contribution in [2.24, 2.45) is 0 Å². The minimum atomic E-state index is -0.500. The molecule has 1 aromatic carbocycles. The van der Waals surface area contributed by atoms with Crippen LogP contribution in [0, 0.1) is 0 Å². The lowest BCUT2D eigenvalue weighted by Crippen LogP contribution is -2.41. The van der Waals surface area contributed by atoms with E-state index in [-0.39, 0.29) is 18.0 Å². The predicted octanol–water partition coefficient (Wildman–Crippen LogP) is 3.17. The Morgan fingerprint density at radius 3 is 2.38 bits per heavy atom. The highest BCUT2D eigenvalue weighted by Crippen LogP contribution is 2.32. The van der Waals surface area contributed by atoms with E-state index in [0.717, 1.165) is 18.4 Å². The van der Waals surface area contributed by atoms with Crippen molar-refractivity contribution in [3.8, 4) is 0 Å². The van der Waals surface area contributed by atoms with Gasteiger partial charge in [0.25, 0.3) is 0 Å². The van der Waals surface area contributed by atoms with E-state index in [1.54, 1.807) is 17.0 Å². The maximum absolute atomic E-state index is 12.1. The molecule has 0 atom stereocenters. The molecule has 0 aromatic heterocycles. The van der Waals surface area contributed by atoms with Gasteiger partial charge in [0.1, 0.15) is 5.60 Å². The van der Waals surface area contributed by atoms with Crippen LogP contribution in [0.5, 0.6) is 0 Å². The number of hydrogen-bond donors (Lipinski definition) is 1. The fourth-order valence-electron chi connectivity index (χ4n) is 2.91. The summed E-state index contributed by atoms with van der Waals surface area (Å²) in [4.78, 5) is 25.8. The maximum Gasteiger partial charge on any atom is 0.410 e. The Labute approximate surface area is 142 Å². The topological polar surface area (TPSA) is 81.9 Å². The second-order valence-electron chi connectivity index (χ2n) is 7.08. The molecule has 1 fully saturated rings. The number of piperidine rings is 1. The standard InChI is InChI=1S/C18H26N2O4/c1-18(2,3)24-17(22)20-9-7-12(8-10-20)15-11-13(19)5-6-14(15)16(21)23-4/h5-6,11-12H,7-10,19H2,1-4H3. The molecule has 132 valence electrons. The van der Waals surface area contributed by atoms with Crippen LogP contribution in [0.15, 0.2) is 18.2 Å². The summed E-state index contributed by atoms with van der Waals surface area (Å²) in [5.74, 6) is -0.194. The number of likely N-dealkylation sites (tertiary alicyclic amines) is 1. The third-order valence-electron chi connectivity index (χ3n) is 4.07. The molecular formula is C18H26N2O4. The molecule has 1 amide bonds. The molecule has 0 radical (unpaired) electrons. The van der Waals surface area contributed by atoms with Gasteiger partial charge in [0.05, 0.1) is 12.7 Å². The fourth-order valence-corrected chi connectivity index (χ4v) is 2.91. The average Bonchev–Trinajstić information content (AvgIpc) is 2.52. The van der Waals surface area contributed by atoms with Crippen LogP contribution >= 0.6 is 0 Å². The van der Waals surface area contributed by atoms with E-state index in [0.29, 0.717) is 24.3 Å². The van der Waals surface area contributed by atoms with Crippen LogP contribution in [0.25, 0.3) is 0 Å². The van der Waals surface area contributed by atoms with Gasteiger partial charge in [0, 0.05) is 18.8 Å². The number of nitrogens with two attached hydrogens (primary N) is 1. The zero-order chi connectivity index (χ0) is 17.9. The van der Waals surface area contributed by atoms with Gasteiger partial charge < -0.3 is 20.1 Å². The molecule has 24 heavy (non-hydrogen) atoms. The van der Waals surface area contributed by atoms with E-state index in [1.807, 2.05) is 26.8 Å². The van der Waals surface area contributed by atoms with Gasteiger partial charge in [-0.2, -0.15) is 0 Å². The lowest BCUT2D eigenvalue weighted by Gasteiger charge is -2.34. The van der Waals surface area contributed by atoms with Crippen molar-refractivity contribution < 1.29 is 19.1 Å². The van der Waals surface area contributed by atoms with Crippen LogP contribution < -0.4 is 5.73 Å². The summed E-state index contributed by atoms with van der Waals surface area (Å²) < 4.78 is 10.3. The minimum Gasteiger partial charge on any atom is -0.465 e. The summed E-state index contributed by atoms with van der Waals surface area (Å²) in [7, 11) is 1.37. The van der Waals surface area contributed by atoms with E-state index >= 15 is 0 Å². The second-order valence-corrected chi connectivity index (χ2v) is 7.08. The Morgan fingerprint density at radius 1 is 1.21 bits per heavy atom. The molecule has 2 rings (SSSR count). The first-order chi connectivity index (χ1) is 11.2. The number of carbonyl (C=O) groups excluding carboxylic acids is 2. The molecule has 2 N–H and O–H groups in total. The van der Waals surface area contributed by atoms with Crippen molar-refractivity contribution in [2.75, 3.05) is 25.9 Å². The molecule has 0 aliphatic carbocycles. The number of carbonyl (C=O) groups is 2. The monoisotopic (exact) mass is 334 g/mol. The summed E-state index contributed by atoms with van der Waals surface area (Å²) in [5.41, 5.74) is 7.44. The molecule has 1 aromatic rings. The number of anilines is 1. The first-order valence-electron chi connectivity index (χ1n) is 8.17. The SMILES string of the molecule is COC(=O)c1ccc(N)cc1C1CCN(C(=O)OC(C)(C)C)CC1. The third-order valence-corrected chi connectivity index (χ3v) is 4.07. The van der Waals surface area contributed by atoms with Crippen molar-refractivity contribution in [1.29, 1.82) is 0 Å². The normalized spacial score (nSPS) is 15.9. The highest BCUT2D eigenvalue weighted by molar-refractivity contribution is 5.91. The Morgan fingerprint density at radius 2 is 1.83 bits per heavy atom. The van der Waals surface area contributed by atoms with Crippen LogP contribution in [-0.2, 0) is 9.47 Å². The van der Waals surface area contributed by atoms with E-state index in [4.69, 9.17) is 15.2 Å². The van der Waals surface area contributed by atoms with Crippen molar-refractivity contribution in [3.63, 3.8) is 0 Å². The van der Waals surface area contributed by atoms with E-state index < -0.39 is 5.60 Å². The highest BCUT2D eigenvalue weighted by Gasteiger charge is 2.29.